The highest BCUT2D eigenvalue weighted by molar-refractivity contribution is 5.83. The summed E-state index contributed by atoms with van der Waals surface area (Å²) in [5.41, 5.74) is 1.61. The van der Waals surface area contributed by atoms with Crippen LogP contribution in [0.4, 0.5) is 0 Å². The molecule has 0 aliphatic carbocycles. The van der Waals surface area contributed by atoms with Gasteiger partial charge in [0.1, 0.15) is 11.6 Å². The number of carbonyl (C=O) groups is 1. The molecule has 1 fully saturated rings. The maximum atomic E-state index is 12.1. The number of carboxylic acid groups (broad SMARTS) is 1. The number of hydrogen-bond donors (Lipinski definition) is 2. The van der Waals surface area contributed by atoms with Crippen LogP contribution in [0.25, 0.3) is 10.9 Å². The topological polar surface area (TPSA) is 101 Å². The Kier molecular flexibility index (Phi) is 7.80. The Morgan fingerprint density at radius 2 is 2.12 bits per heavy atom. The number of nitrogens with zero attached hydrogens (tertiary/aromatic N) is 4. The molecule has 1 saturated heterocycles. The standard InChI is InChI=1S/C26H34N4O4/c1-29-15-12-28-25(29)4-3-13-30-14-10-18(22(17-30)26(32)33)5-8-24(31)20-9-11-27-23-7-6-19(34-2)16-21(20)23/h6-7,9,11-12,15-16,18,22,24,31H,3-5,8,10,13-14,17H2,1-2H3,(H,32,33)/t18-,22+,24?/m1/s1. The predicted molar refractivity (Wildman–Crippen MR) is 130 cm³/mol. The highest BCUT2D eigenvalue weighted by atomic mass is 16.5. The molecule has 1 aliphatic rings. The molecule has 3 heterocycles. The number of aromatic nitrogens is 3. The van der Waals surface area contributed by atoms with E-state index in [-0.39, 0.29) is 5.92 Å². The van der Waals surface area contributed by atoms with E-state index in [0.29, 0.717) is 19.4 Å². The fourth-order valence-corrected chi connectivity index (χ4v) is 5.09. The number of aliphatic hydroxyl groups is 1. The fourth-order valence-electron chi connectivity index (χ4n) is 5.09. The molecule has 1 aliphatic heterocycles. The van der Waals surface area contributed by atoms with Crippen LogP contribution in [-0.2, 0) is 18.3 Å². The third kappa shape index (κ3) is 5.56. The molecular weight excluding hydrogens is 432 g/mol. The minimum atomic E-state index is -0.743. The maximum absolute atomic E-state index is 12.1. The van der Waals surface area contributed by atoms with Crippen LogP contribution in [0.1, 0.15) is 43.2 Å². The zero-order valence-electron chi connectivity index (χ0n) is 19.9. The van der Waals surface area contributed by atoms with Gasteiger partial charge in [-0.05, 0) is 74.5 Å². The average molecular weight is 467 g/mol. The second-order valence-corrected chi connectivity index (χ2v) is 9.23. The first-order valence-corrected chi connectivity index (χ1v) is 12.0. The van der Waals surface area contributed by atoms with Gasteiger partial charge in [-0.25, -0.2) is 4.98 Å². The molecule has 0 radical (unpaired) electrons. The van der Waals surface area contributed by atoms with Crippen molar-refractivity contribution in [2.75, 3.05) is 26.7 Å². The third-order valence-electron chi connectivity index (χ3n) is 7.11. The van der Waals surface area contributed by atoms with Crippen molar-refractivity contribution in [3.05, 3.63) is 54.2 Å². The second kappa shape index (κ2) is 11.0. The molecule has 3 aromatic rings. The molecule has 8 heteroatoms. The summed E-state index contributed by atoms with van der Waals surface area (Å²) in [6.07, 6.45) is 8.65. The number of likely N-dealkylation sites (tertiary alicyclic amines) is 1. The highest BCUT2D eigenvalue weighted by Gasteiger charge is 2.34. The largest absolute Gasteiger partial charge is 0.497 e. The summed E-state index contributed by atoms with van der Waals surface area (Å²) < 4.78 is 7.36. The minimum absolute atomic E-state index is 0.0561. The lowest BCUT2D eigenvalue weighted by Crippen LogP contribution is -2.44. The fraction of sp³-hybridized carbons (Fsp3) is 0.500. The molecule has 1 unspecified atom stereocenters. The molecule has 0 bridgehead atoms. The molecule has 0 spiro atoms. The summed E-state index contributed by atoms with van der Waals surface area (Å²) in [5.74, 6) is 0.673. The van der Waals surface area contributed by atoms with Crippen LogP contribution >= 0.6 is 0 Å². The van der Waals surface area contributed by atoms with Crippen molar-refractivity contribution in [2.45, 2.75) is 38.2 Å². The van der Waals surface area contributed by atoms with Crippen molar-refractivity contribution >= 4 is 16.9 Å². The highest BCUT2D eigenvalue weighted by Crippen LogP contribution is 2.33. The number of aliphatic hydroxyl groups excluding tert-OH is 1. The van der Waals surface area contributed by atoms with Crippen molar-refractivity contribution in [1.29, 1.82) is 0 Å². The number of imidazole rings is 1. The van der Waals surface area contributed by atoms with Crippen molar-refractivity contribution in [2.24, 2.45) is 18.9 Å². The zero-order valence-corrected chi connectivity index (χ0v) is 19.9. The number of benzene rings is 1. The number of aliphatic carboxylic acids is 1. The van der Waals surface area contributed by atoms with Crippen molar-refractivity contribution in [3.63, 3.8) is 0 Å². The predicted octanol–water partition coefficient (Wildman–Crippen LogP) is 3.45. The summed E-state index contributed by atoms with van der Waals surface area (Å²) in [7, 11) is 3.61. The number of pyridine rings is 1. The van der Waals surface area contributed by atoms with E-state index in [1.807, 2.05) is 42.1 Å². The van der Waals surface area contributed by atoms with Crippen molar-refractivity contribution in [1.82, 2.24) is 19.4 Å². The van der Waals surface area contributed by atoms with Crippen LogP contribution < -0.4 is 4.74 Å². The lowest BCUT2D eigenvalue weighted by molar-refractivity contribution is -0.146. The van der Waals surface area contributed by atoms with Crippen LogP contribution in [-0.4, -0.2) is 62.4 Å². The smallest absolute Gasteiger partial charge is 0.308 e. The molecular formula is C26H34N4O4. The van der Waals surface area contributed by atoms with Gasteiger partial charge >= 0.3 is 5.97 Å². The van der Waals surface area contributed by atoms with E-state index >= 15 is 0 Å². The van der Waals surface area contributed by atoms with Gasteiger partial charge in [-0.15, -0.1) is 0 Å². The Morgan fingerprint density at radius 1 is 1.26 bits per heavy atom. The van der Waals surface area contributed by atoms with Gasteiger partial charge in [-0.2, -0.15) is 0 Å². The Balaban J connectivity index is 1.34. The number of methoxy groups -OCH3 is 1. The van der Waals surface area contributed by atoms with E-state index in [4.69, 9.17) is 4.74 Å². The summed E-state index contributed by atoms with van der Waals surface area (Å²) in [5, 5.41) is 21.7. The Morgan fingerprint density at radius 3 is 2.85 bits per heavy atom. The third-order valence-corrected chi connectivity index (χ3v) is 7.11. The van der Waals surface area contributed by atoms with Gasteiger partial charge in [-0.1, -0.05) is 0 Å². The van der Waals surface area contributed by atoms with Gasteiger partial charge in [0.05, 0.1) is 24.6 Å². The number of ether oxygens (including phenoxy) is 1. The molecule has 8 nitrogen and oxygen atoms in total. The zero-order chi connectivity index (χ0) is 24.1. The molecule has 182 valence electrons. The Labute approximate surface area is 200 Å². The normalized spacial score (nSPS) is 19.9. The van der Waals surface area contributed by atoms with Gasteiger partial charge in [-0.3, -0.25) is 9.78 Å². The summed E-state index contributed by atoms with van der Waals surface area (Å²) in [6.45, 7) is 2.32. The molecule has 0 amide bonds. The molecule has 2 N–H and O–H groups in total. The van der Waals surface area contributed by atoms with E-state index in [2.05, 4.69) is 14.9 Å². The number of aryl methyl sites for hydroxylation is 2. The van der Waals surface area contributed by atoms with Crippen LogP contribution in [0.2, 0.25) is 0 Å². The number of hydrogen-bond acceptors (Lipinski definition) is 6. The van der Waals surface area contributed by atoms with Crippen LogP contribution in [0.15, 0.2) is 42.9 Å². The molecule has 3 atom stereocenters. The van der Waals surface area contributed by atoms with Gasteiger partial charge < -0.3 is 24.4 Å². The number of piperidine rings is 1. The lowest BCUT2D eigenvalue weighted by atomic mass is 9.81. The summed E-state index contributed by atoms with van der Waals surface area (Å²) in [6, 6.07) is 7.47. The van der Waals surface area contributed by atoms with Crippen molar-refractivity contribution in [3.8, 4) is 5.75 Å². The van der Waals surface area contributed by atoms with E-state index in [9.17, 15) is 15.0 Å². The summed E-state index contributed by atoms with van der Waals surface area (Å²) >= 11 is 0. The van der Waals surface area contributed by atoms with Crippen LogP contribution in [0.5, 0.6) is 5.75 Å². The van der Waals surface area contributed by atoms with Gasteiger partial charge in [0.25, 0.3) is 0 Å². The summed E-state index contributed by atoms with van der Waals surface area (Å²) in [4.78, 5) is 23.1. The first kappa shape index (κ1) is 24.2. The van der Waals surface area contributed by atoms with E-state index < -0.39 is 18.0 Å². The van der Waals surface area contributed by atoms with E-state index in [0.717, 1.165) is 60.4 Å². The van der Waals surface area contributed by atoms with E-state index in [1.165, 1.54) is 0 Å². The van der Waals surface area contributed by atoms with Gasteiger partial charge in [0, 0.05) is 44.0 Å². The van der Waals surface area contributed by atoms with Crippen LogP contribution in [0, 0.1) is 11.8 Å². The molecule has 2 aromatic heterocycles. The maximum Gasteiger partial charge on any atom is 0.308 e. The van der Waals surface area contributed by atoms with E-state index in [1.54, 1.807) is 19.5 Å². The number of rotatable bonds is 10. The Bertz CT molecular complexity index is 1120. The number of fused-ring (bicyclic) bond motifs is 1. The van der Waals surface area contributed by atoms with Crippen LogP contribution in [0.3, 0.4) is 0 Å². The molecule has 0 saturated carbocycles. The van der Waals surface area contributed by atoms with Gasteiger partial charge in [0.15, 0.2) is 0 Å². The van der Waals surface area contributed by atoms with Gasteiger partial charge in [0.2, 0.25) is 0 Å². The minimum Gasteiger partial charge on any atom is -0.497 e. The first-order chi connectivity index (χ1) is 16.5. The quantitative estimate of drug-likeness (QED) is 0.472. The monoisotopic (exact) mass is 466 g/mol. The molecule has 4 rings (SSSR count). The molecule has 1 aromatic carbocycles. The molecule has 34 heavy (non-hydrogen) atoms. The second-order valence-electron chi connectivity index (χ2n) is 9.23. The van der Waals surface area contributed by atoms with Crippen molar-refractivity contribution < 1.29 is 19.7 Å². The first-order valence-electron chi connectivity index (χ1n) is 12.0. The Hall–Kier alpha value is -2.97. The lowest BCUT2D eigenvalue weighted by Gasteiger charge is -2.37. The average Bonchev–Trinajstić information content (AvgIpc) is 3.26. The number of carboxylic acids is 1. The SMILES string of the molecule is COc1ccc2nccc(C(O)CC[C@@H]3CCN(CCCc4nccn4C)C[C@@H]3C(=O)O)c2c1.